The average molecular weight is 428 g/mol. The monoisotopic (exact) mass is 428 g/mol. The normalized spacial score (nSPS) is 17.6. The van der Waals surface area contributed by atoms with Crippen LogP contribution in [0.25, 0.3) is 5.76 Å². The number of amides is 1. The van der Waals surface area contributed by atoms with Crippen LogP contribution in [0.15, 0.2) is 78.5 Å². The Bertz CT molecular complexity index is 1170. The molecule has 0 aliphatic carbocycles. The van der Waals surface area contributed by atoms with Gasteiger partial charge in [0.15, 0.2) is 0 Å². The second-order valence-corrected chi connectivity index (χ2v) is 7.56. The zero-order valence-corrected chi connectivity index (χ0v) is 18.0. The molecule has 1 N–H and O–H groups in total. The van der Waals surface area contributed by atoms with Crippen LogP contribution in [-0.4, -0.2) is 33.3 Å². The fourth-order valence-electron chi connectivity index (χ4n) is 3.96. The van der Waals surface area contributed by atoms with Gasteiger partial charge in [-0.3, -0.25) is 14.6 Å². The molecule has 1 aromatic heterocycles. The van der Waals surface area contributed by atoms with Crippen molar-refractivity contribution in [1.29, 1.82) is 0 Å². The quantitative estimate of drug-likeness (QED) is 0.357. The van der Waals surface area contributed by atoms with Crippen LogP contribution in [-0.2, 0) is 16.1 Å². The van der Waals surface area contributed by atoms with E-state index >= 15 is 0 Å². The minimum absolute atomic E-state index is 0.0735. The van der Waals surface area contributed by atoms with Crippen LogP contribution in [0.1, 0.15) is 35.3 Å². The largest absolute Gasteiger partial charge is 0.507 e. The van der Waals surface area contributed by atoms with E-state index in [-0.39, 0.29) is 17.9 Å². The van der Waals surface area contributed by atoms with E-state index in [9.17, 15) is 14.7 Å². The number of rotatable bonds is 6. The van der Waals surface area contributed by atoms with Gasteiger partial charge in [-0.05, 0) is 61.4 Å². The van der Waals surface area contributed by atoms with Crippen LogP contribution in [0, 0.1) is 6.92 Å². The Morgan fingerprint density at radius 2 is 1.75 bits per heavy atom. The highest BCUT2D eigenvalue weighted by Crippen LogP contribution is 2.41. The third-order valence-electron chi connectivity index (χ3n) is 5.52. The van der Waals surface area contributed by atoms with E-state index in [0.29, 0.717) is 23.6 Å². The van der Waals surface area contributed by atoms with E-state index < -0.39 is 17.7 Å². The van der Waals surface area contributed by atoms with Gasteiger partial charge < -0.3 is 14.7 Å². The van der Waals surface area contributed by atoms with Gasteiger partial charge in [0.05, 0.1) is 30.5 Å². The lowest BCUT2D eigenvalue weighted by molar-refractivity contribution is -0.140. The molecular formula is C26H24N2O4. The van der Waals surface area contributed by atoms with Gasteiger partial charge in [-0.1, -0.05) is 30.3 Å². The predicted molar refractivity (Wildman–Crippen MR) is 121 cm³/mol. The van der Waals surface area contributed by atoms with Gasteiger partial charge in [0.25, 0.3) is 11.7 Å². The van der Waals surface area contributed by atoms with E-state index in [4.69, 9.17) is 4.74 Å². The van der Waals surface area contributed by atoms with Crippen molar-refractivity contribution in [2.75, 3.05) is 6.61 Å². The van der Waals surface area contributed by atoms with E-state index in [1.54, 1.807) is 42.6 Å². The average Bonchev–Trinajstić information content (AvgIpc) is 3.05. The number of benzene rings is 2. The van der Waals surface area contributed by atoms with Crippen LogP contribution in [0.2, 0.25) is 0 Å². The molecule has 0 radical (unpaired) electrons. The number of carbonyl (C=O) groups excluding carboxylic acids is 2. The molecule has 1 fully saturated rings. The van der Waals surface area contributed by atoms with Crippen LogP contribution < -0.4 is 4.74 Å². The molecule has 1 atom stereocenters. The van der Waals surface area contributed by atoms with Crippen molar-refractivity contribution in [3.63, 3.8) is 0 Å². The van der Waals surface area contributed by atoms with Gasteiger partial charge in [-0.15, -0.1) is 0 Å². The second kappa shape index (κ2) is 9.06. The van der Waals surface area contributed by atoms with Gasteiger partial charge in [0.2, 0.25) is 0 Å². The fourth-order valence-corrected chi connectivity index (χ4v) is 3.96. The summed E-state index contributed by atoms with van der Waals surface area (Å²) in [4.78, 5) is 32.0. The van der Waals surface area contributed by atoms with Crippen molar-refractivity contribution in [2.45, 2.75) is 26.4 Å². The summed E-state index contributed by atoms with van der Waals surface area (Å²) in [5.41, 5.74) is 2.89. The smallest absolute Gasteiger partial charge is 0.296 e. The van der Waals surface area contributed by atoms with Gasteiger partial charge in [0, 0.05) is 11.8 Å². The molecule has 2 aromatic carbocycles. The number of Topliss-reactive ketones (excluding diaryl/α,β-unsaturated/α-hetero) is 1. The minimum atomic E-state index is -0.718. The first kappa shape index (κ1) is 21.3. The number of ether oxygens (including phenoxy) is 1. The van der Waals surface area contributed by atoms with Crippen molar-refractivity contribution < 1.29 is 19.4 Å². The number of aryl methyl sites for hydroxylation is 1. The third-order valence-corrected chi connectivity index (χ3v) is 5.52. The van der Waals surface area contributed by atoms with Gasteiger partial charge in [0.1, 0.15) is 11.5 Å². The maximum atomic E-state index is 13.1. The highest BCUT2D eigenvalue weighted by Gasteiger charge is 2.46. The molecule has 3 aromatic rings. The van der Waals surface area contributed by atoms with Crippen molar-refractivity contribution in [1.82, 2.24) is 9.88 Å². The molecule has 162 valence electrons. The summed E-state index contributed by atoms with van der Waals surface area (Å²) in [5, 5.41) is 11.2. The Kier molecular flexibility index (Phi) is 6.03. The van der Waals surface area contributed by atoms with Gasteiger partial charge >= 0.3 is 0 Å². The number of pyridine rings is 1. The molecule has 6 nitrogen and oxygen atoms in total. The highest BCUT2D eigenvalue weighted by molar-refractivity contribution is 6.46. The zero-order valence-electron chi connectivity index (χ0n) is 18.0. The highest BCUT2D eigenvalue weighted by atomic mass is 16.5. The molecule has 1 unspecified atom stereocenters. The Morgan fingerprint density at radius 1 is 1.03 bits per heavy atom. The van der Waals surface area contributed by atoms with Gasteiger partial charge in [-0.2, -0.15) is 0 Å². The molecule has 6 heteroatoms. The lowest BCUT2D eigenvalue weighted by Crippen LogP contribution is -2.29. The molecule has 32 heavy (non-hydrogen) atoms. The Morgan fingerprint density at radius 3 is 2.41 bits per heavy atom. The SMILES string of the molecule is CCOc1ccc(/C(O)=C2\C(=O)C(=O)N(Cc3ccccn3)C2c2ccccc2C)cc1. The van der Waals surface area contributed by atoms with Crippen molar-refractivity contribution in [3.8, 4) is 5.75 Å². The predicted octanol–water partition coefficient (Wildman–Crippen LogP) is 4.41. The minimum Gasteiger partial charge on any atom is -0.507 e. The van der Waals surface area contributed by atoms with E-state index in [1.807, 2.05) is 44.2 Å². The number of ketones is 1. The summed E-state index contributed by atoms with van der Waals surface area (Å²) in [6, 6.07) is 19.1. The number of aliphatic hydroxyl groups excluding tert-OH is 1. The molecule has 4 rings (SSSR count). The number of aliphatic hydroxyl groups is 1. The Balaban J connectivity index is 1.84. The van der Waals surface area contributed by atoms with Crippen LogP contribution in [0.4, 0.5) is 0 Å². The van der Waals surface area contributed by atoms with E-state index in [0.717, 1.165) is 11.1 Å². The maximum absolute atomic E-state index is 13.1. The molecule has 0 bridgehead atoms. The first-order chi connectivity index (χ1) is 15.5. The molecule has 1 saturated heterocycles. The molecule has 1 aliphatic heterocycles. The van der Waals surface area contributed by atoms with Crippen molar-refractivity contribution in [3.05, 3.63) is 101 Å². The number of nitrogens with zero attached hydrogens (tertiary/aromatic N) is 2. The molecular weight excluding hydrogens is 404 g/mol. The molecule has 0 spiro atoms. The van der Waals surface area contributed by atoms with Crippen LogP contribution >= 0.6 is 0 Å². The first-order valence-corrected chi connectivity index (χ1v) is 10.5. The van der Waals surface area contributed by atoms with Crippen molar-refractivity contribution >= 4 is 17.4 Å². The molecule has 1 aliphatic rings. The summed E-state index contributed by atoms with van der Waals surface area (Å²) >= 11 is 0. The Hall–Kier alpha value is -3.93. The standard InChI is InChI=1S/C26H24N2O4/c1-3-32-20-13-11-18(12-14-20)24(29)22-23(21-10-5-4-8-17(21)2)28(26(31)25(22)30)16-19-9-6-7-15-27-19/h4-15,23,29H,3,16H2,1-2H3/b24-22+. The van der Waals surface area contributed by atoms with E-state index in [2.05, 4.69) is 4.98 Å². The topological polar surface area (TPSA) is 79.7 Å². The summed E-state index contributed by atoms with van der Waals surface area (Å²) in [6.07, 6.45) is 1.65. The number of hydrogen-bond acceptors (Lipinski definition) is 5. The first-order valence-electron chi connectivity index (χ1n) is 10.5. The van der Waals surface area contributed by atoms with Crippen LogP contribution in [0.3, 0.4) is 0 Å². The summed E-state index contributed by atoms with van der Waals surface area (Å²) in [7, 11) is 0. The number of likely N-dealkylation sites (tertiary alicyclic amines) is 1. The number of aromatic nitrogens is 1. The third kappa shape index (κ3) is 3.99. The summed E-state index contributed by atoms with van der Waals surface area (Å²) in [6.45, 7) is 4.49. The number of carbonyl (C=O) groups is 2. The Labute approximate surface area is 186 Å². The van der Waals surface area contributed by atoms with Crippen LogP contribution in [0.5, 0.6) is 5.75 Å². The van der Waals surface area contributed by atoms with Gasteiger partial charge in [-0.25, -0.2) is 0 Å². The fraction of sp³-hybridized carbons (Fsp3) is 0.192. The summed E-state index contributed by atoms with van der Waals surface area (Å²) < 4.78 is 5.46. The number of hydrogen-bond donors (Lipinski definition) is 1. The van der Waals surface area contributed by atoms with E-state index in [1.165, 1.54) is 4.90 Å². The lowest BCUT2D eigenvalue weighted by Gasteiger charge is -2.26. The molecule has 2 heterocycles. The lowest BCUT2D eigenvalue weighted by atomic mass is 9.92. The van der Waals surface area contributed by atoms with Crippen molar-refractivity contribution in [2.24, 2.45) is 0 Å². The zero-order chi connectivity index (χ0) is 22.7. The molecule has 0 saturated carbocycles. The molecule has 1 amide bonds. The summed E-state index contributed by atoms with van der Waals surface area (Å²) in [5.74, 6) is -0.907. The second-order valence-electron chi connectivity index (χ2n) is 7.56. The maximum Gasteiger partial charge on any atom is 0.296 e.